The lowest BCUT2D eigenvalue weighted by atomic mass is 10.0. The molecule has 0 saturated heterocycles. The summed E-state index contributed by atoms with van der Waals surface area (Å²) in [6.45, 7) is 11.8. The van der Waals surface area contributed by atoms with Gasteiger partial charge in [0, 0.05) is 25.4 Å². The van der Waals surface area contributed by atoms with Gasteiger partial charge in [0.1, 0.15) is 0 Å². The Morgan fingerprint density at radius 2 is 0.825 bits per heavy atom. The minimum atomic E-state index is 0.337. The van der Waals surface area contributed by atoms with E-state index in [-0.39, 0.29) is 0 Å². The zero-order valence-corrected chi connectivity index (χ0v) is 30.1. The van der Waals surface area contributed by atoms with Gasteiger partial charge in [0.25, 0.3) is 0 Å². The average Bonchev–Trinajstić information content (AvgIpc) is 2.93. The summed E-state index contributed by atoms with van der Waals surface area (Å²) in [7, 11) is 0. The van der Waals surface area contributed by atoms with E-state index in [2.05, 4.69) is 37.5 Å². The minimum Gasteiger partial charge on any atom is -0.364 e. The fourth-order valence-electron chi connectivity index (χ4n) is 5.75. The van der Waals surface area contributed by atoms with Crippen molar-refractivity contribution in [2.24, 2.45) is 0 Å². The summed E-state index contributed by atoms with van der Waals surface area (Å²) >= 11 is 16.1. The van der Waals surface area contributed by atoms with Crippen molar-refractivity contribution in [2.45, 2.75) is 188 Å². The van der Waals surface area contributed by atoms with E-state index in [4.69, 9.17) is 37.1 Å². The van der Waals surface area contributed by atoms with E-state index in [1.165, 1.54) is 154 Å². The topological polar surface area (TPSA) is 6.48 Å². The summed E-state index contributed by atoms with van der Waals surface area (Å²) in [6, 6.07) is 0.337. The zero-order valence-electron chi connectivity index (χ0n) is 27.5. The molecular weight excluding hydrogens is 545 g/mol. The van der Waals surface area contributed by atoms with E-state index in [1.807, 2.05) is 0 Å². The standard InChI is InChI=1S/C35H70N2S3/c1-5-7-9-11-13-15-17-19-21-23-25-27-29-36(33(3)39)31-35(32-38)37(34(4)40)30-28-26-24-22-20-18-16-14-12-10-8-6-2/h35,38H,5-32H2,1-4H3. The Morgan fingerprint density at radius 3 is 1.12 bits per heavy atom. The third-order valence-electron chi connectivity index (χ3n) is 8.47. The molecule has 0 aromatic heterocycles. The number of nitrogens with zero attached hydrogens (tertiary/aromatic N) is 2. The number of hydrogen-bond acceptors (Lipinski definition) is 3. The van der Waals surface area contributed by atoms with Gasteiger partial charge < -0.3 is 9.80 Å². The Bertz CT molecular complexity index is 569. The van der Waals surface area contributed by atoms with Gasteiger partial charge in [-0.25, -0.2) is 0 Å². The fourth-order valence-corrected chi connectivity index (χ4v) is 6.47. The van der Waals surface area contributed by atoms with E-state index >= 15 is 0 Å². The Balaban J connectivity index is 4.13. The van der Waals surface area contributed by atoms with Crippen LogP contribution in [0.1, 0.15) is 182 Å². The van der Waals surface area contributed by atoms with E-state index < -0.39 is 0 Å². The van der Waals surface area contributed by atoms with Gasteiger partial charge in [-0.05, 0) is 26.7 Å². The number of rotatable bonds is 30. The van der Waals surface area contributed by atoms with Crippen molar-refractivity contribution in [1.29, 1.82) is 0 Å². The van der Waals surface area contributed by atoms with Crippen LogP contribution in [0.3, 0.4) is 0 Å². The quantitative estimate of drug-likeness (QED) is 0.0488. The summed E-state index contributed by atoms with van der Waals surface area (Å²) < 4.78 is 0. The third-order valence-corrected chi connectivity index (χ3v) is 9.38. The van der Waals surface area contributed by atoms with Crippen LogP contribution in [0.4, 0.5) is 0 Å². The van der Waals surface area contributed by atoms with Gasteiger partial charge in [-0.1, -0.05) is 180 Å². The van der Waals surface area contributed by atoms with Crippen molar-refractivity contribution >= 4 is 47.0 Å². The average molecular weight is 615 g/mol. The van der Waals surface area contributed by atoms with E-state index in [0.717, 1.165) is 35.4 Å². The van der Waals surface area contributed by atoms with Crippen LogP contribution in [-0.4, -0.2) is 51.2 Å². The van der Waals surface area contributed by atoms with Crippen LogP contribution in [0.2, 0.25) is 0 Å². The molecule has 2 nitrogen and oxygen atoms in total. The molecule has 0 amide bonds. The second-order valence-electron chi connectivity index (χ2n) is 12.3. The Kier molecular flexibility index (Phi) is 30.7. The maximum Gasteiger partial charge on any atom is 0.0751 e. The Hall–Kier alpha value is 0.130. The second kappa shape index (κ2) is 30.6. The molecule has 0 aliphatic rings. The molecule has 0 rings (SSSR count). The first-order valence-electron chi connectivity index (χ1n) is 17.6. The van der Waals surface area contributed by atoms with E-state index in [9.17, 15) is 0 Å². The highest BCUT2D eigenvalue weighted by atomic mass is 32.1. The SMILES string of the molecule is CCCCCCCCCCCCCCN(CC(CS)N(CCCCCCCCCCCCCC)C(C)=S)C(C)=S. The highest BCUT2D eigenvalue weighted by Crippen LogP contribution is 2.16. The summed E-state index contributed by atoms with van der Waals surface area (Å²) in [5.41, 5.74) is 0. The van der Waals surface area contributed by atoms with Crippen molar-refractivity contribution in [2.75, 3.05) is 25.4 Å². The van der Waals surface area contributed by atoms with Crippen LogP contribution in [-0.2, 0) is 0 Å². The maximum absolute atomic E-state index is 5.70. The van der Waals surface area contributed by atoms with Gasteiger partial charge in [0.05, 0.1) is 16.0 Å². The first kappa shape index (κ1) is 40.1. The van der Waals surface area contributed by atoms with Crippen molar-refractivity contribution in [3.05, 3.63) is 0 Å². The molecule has 0 heterocycles. The first-order valence-corrected chi connectivity index (χ1v) is 19.1. The van der Waals surface area contributed by atoms with Gasteiger partial charge in [-0.15, -0.1) is 0 Å². The normalized spacial score (nSPS) is 12.0. The summed E-state index contributed by atoms with van der Waals surface area (Å²) in [5, 5.41) is 0. The minimum absolute atomic E-state index is 0.337. The summed E-state index contributed by atoms with van der Waals surface area (Å²) in [4.78, 5) is 6.88. The largest absolute Gasteiger partial charge is 0.364 e. The van der Waals surface area contributed by atoms with Crippen molar-refractivity contribution in [3.63, 3.8) is 0 Å². The molecule has 238 valence electrons. The van der Waals surface area contributed by atoms with Crippen molar-refractivity contribution in [1.82, 2.24) is 9.80 Å². The molecule has 0 N–H and O–H groups in total. The Labute approximate surface area is 269 Å². The molecule has 1 unspecified atom stereocenters. The number of hydrogen-bond donors (Lipinski definition) is 1. The molecule has 0 bridgehead atoms. The summed E-state index contributed by atoms with van der Waals surface area (Å²) in [6.07, 6.45) is 33.2. The maximum atomic E-state index is 5.70. The molecule has 0 aliphatic heterocycles. The van der Waals surface area contributed by atoms with Crippen LogP contribution in [0.5, 0.6) is 0 Å². The molecule has 5 heteroatoms. The number of thiocarbonyl (C=S) groups is 2. The van der Waals surface area contributed by atoms with Gasteiger partial charge >= 0.3 is 0 Å². The van der Waals surface area contributed by atoms with Crippen LogP contribution < -0.4 is 0 Å². The molecule has 0 fully saturated rings. The molecule has 0 radical (unpaired) electrons. The van der Waals surface area contributed by atoms with Crippen molar-refractivity contribution < 1.29 is 0 Å². The first-order chi connectivity index (χ1) is 19.5. The lowest BCUT2D eigenvalue weighted by Gasteiger charge is -2.36. The predicted molar refractivity (Wildman–Crippen MR) is 195 cm³/mol. The highest BCUT2D eigenvalue weighted by molar-refractivity contribution is 7.80. The van der Waals surface area contributed by atoms with Gasteiger partial charge in [-0.2, -0.15) is 12.6 Å². The van der Waals surface area contributed by atoms with Crippen LogP contribution in [0, 0.1) is 0 Å². The molecule has 0 aromatic rings. The van der Waals surface area contributed by atoms with E-state index in [0.29, 0.717) is 6.04 Å². The smallest absolute Gasteiger partial charge is 0.0751 e. The third kappa shape index (κ3) is 24.7. The van der Waals surface area contributed by atoms with Gasteiger partial charge in [0.15, 0.2) is 0 Å². The Morgan fingerprint density at radius 1 is 0.500 bits per heavy atom. The number of thiol groups is 1. The fraction of sp³-hybridized carbons (Fsp3) is 0.943. The van der Waals surface area contributed by atoms with Crippen molar-refractivity contribution in [3.8, 4) is 0 Å². The van der Waals surface area contributed by atoms with Crippen LogP contribution in [0.15, 0.2) is 0 Å². The second-order valence-corrected chi connectivity index (χ2v) is 13.8. The summed E-state index contributed by atoms with van der Waals surface area (Å²) in [5.74, 6) is 0.823. The molecule has 0 aromatic carbocycles. The zero-order chi connectivity index (χ0) is 29.7. The van der Waals surface area contributed by atoms with E-state index in [1.54, 1.807) is 0 Å². The lowest BCUT2D eigenvalue weighted by molar-refractivity contribution is 0.265. The van der Waals surface area contributed by atoms with Crippen LogP contribution in [0.25, 0.3) is 0 Å². The molecule has 0 spiro atoms. The molecule has 40 heavy (non-hydrogen) atoms. The molecule has 0 aliphatic carbocycles. The number of unbranched alkanes of at least 4 members (excludes halogenated alkanes) is 22. The monoisotopic (exact) mass is 614 g/mol. The van der Waals surface area contributed by atoms with Crippen LogP contribution >= 0.6 is 37.1 Å². The highest BCUT2D eigenvalue weighted by Gasteiger charge is 2.21. The molecule has 0 saturated carbocycles. The molecular formula is C35H70N2S3. The lowest BCUT2D eigenvalue weighted by Crippen LogP contribution is -2.48. The molecule has 1 atom stereocenters. The predicted octanol–water partition coefficient (Wildman–Crippen LogP) is 12.0. The van der Waals surface area contributed by atoms with Gasteiger partial charge in [-0.3, -0.25) is 0 Å². The van der Waals surface area contributed by atoms with Gasteiger partial charge in [0.2, 0.25) is 0 Å².